The summed E-state index contributed by atoms with van der Waals surface area (Å²) in [6.07, 6.45) is -0.441. The molecule has 2 rings (SSSR count). The van der Waals surface area contributed by atoms with E-state index in [0.717, 1.165) is 43.1 Å². The van der Waals surface area contributed by atoms with Gasteiger partial charge < -0.3 is 14.7 Å². The summed E-state index contributed by atoms with van der Waals surface area (Å²) in [5.41, 5.74) is 1.94. The minimum atomic E-state index is -0.441. The first-order chi connectivity index (χ1) is 10.0. The number of hydrogen-bond acceptors (Lipinski definition) is 4. The second kappa shape index (κ2) is 7.59. The lowest BCUT2D eigenvalue weighted by Gasteiger charge is -2.33. The molecule has 1 unspecified atom stereocenters. The van der Waals surface area contributed by atoms with Crippen molar-refractivity contribution in [2.45, 2.75) is 13.0 Å². The van der Waals surface area contributed by atoms with Crippen LogP contribution in [-0.4, -0.2) is 61.3 Å². The number of ether oxygens (including phenoxy) is 1. The Kier molecular flexibility index (Phi) is 5.79. The first kappa shape index (κ1) is 16.0. The van der Waals surface area contributed by atoms with Crippen molar-refractivity contribution in [1.82, 2.24) is 9.80 Å². The molecular formula is C17H26N2O2. The molecule has 0 amide bonds. The predicted molar refractivity (Wildman–Crippen MR) is 85.6 cm³/mol. The molecule has 0 saturated carbocycles. The highest BCUT2D eigenvalue weighted by atomic mass is 16.5. The van der Waals surface area contributed by atoms with Crippen molar-refractivity contribution < 1.29 is 9.84 Å². The van der Waals surface area contributed by atoms with Crippen LogP contribution >= 0.6 is 0 Å². The number of β-amino-alcohol motifs (C(OH)–C–C–N with tert-alkyl or cyclic N) is 1. The summed E-state index contributed by atoms with van der Waals surface area (Å²) in [6, 6.07) is 7.69. The average Bonchev–Trinajstić information content (AvgIpc) is 2.48. The summed E-state index contributed by atoms with van der Waals surface area (Å²) in [5, 5.41) is 10.3. The number of aliphatic hydroxyl groups excluding tert-OH is 1. The van der Waals surface area contributed by atoms with Crippen molar-refractivity contribution >= 4 is 0 Å². The van der Waals surface area contributed by atoms with Crippen LogP contribution in [0.25, 0.3) is 0 Å². The number of rotatable bonds is 6. The van der Waals surface area contributed by atoms with Gasteiger partial charge in [0, 0.05) is 32.7 Å². The number of likely N-dealkylation sites (N-methyl/N-ethyl adjacent to an activating group) is 1. The van der Waals surface area contributed by atoms with Gasteiger partial charge in [-0.05, 0) is 37.2 Å². The summed E-state index contributed by atoms with van der Waals surface area (Å²) < 4.78 is 5.57. The Hall–Kier alpha value is -1.36. The molecule has 1 N–H and O–H groups in total. The van der Waals surface area contributed by atoms with Crippen LogP contribution in [0.2, 0.25) is 0 Å². The summed E-state index contributed by atoms with van der Waals surface area (Å²) >= 11 is 0. The van der Waals surface area contributed by atoms with Crippen LogP contribution in [0.3, 0.4) is 0 Å². The maximum Gasteiger partial charge on any atom is 0.119 e. The number of nitrogens with zero attached hydrogens (tertiary/aromatic N) is 2. The zero-order valence-corrected chi connectivity index (χ0v) is 13.1. The van der Waals surface area contributed by atoms with Crippen LogP contribution in [0, 0.1) is 0 Å². The zero-order chi connectivity index (χ0) is 15.2. The minimum Gasteiger partial charge on any atom is -0.489 e. The molecule has 1 saturated heterocycles. The highest BCUT2D eigenvalue weighted by molar-refractivity contribution is 5.29. The smallest absolute Gasteiger partial charge is 0.119 e. The third kappa shape index (κ3) is 5.16. The lowest BCUT2D eigenvalue weighted by molar-refractivity contribution is 0.0805. The standard InChI is InChI=1S/C17H26N2O2/c1-14(2)13-21-16-6-4-15(5-7-16)17(20)12-19-10-8-18(3)9-11-19/h4-7,17,20H,1,8-13H2,2-3H3. The number of hydrogen-bond donors (Lipinski definition) is 1. The van der Waals surface area contributed by atoms with Gasteiger partial charge in [0.1, 0.15) is 12.4 Å². The van der Waals surface area contributed by atoms with Gasteiger partial charge in [-0.2, -0.15) is 0 Å². The van der Waals surface area contributed by atoms with E-state index in [9.17, 15) is 5.11 Å². The van der Waals surface area contributed by atoms with Crippen molar-refractivity contribution in [1.29, 1.82) is 0 Å². The zero-order valence-electron chi connectivity index (χ0n) is 13.1. The predicted octanol–water partition coefficient (Wildman–Crippen LogP) is 1.92. The molecule has 1 aromatic carbocycles. The summed E-state index contributed by atoms with van der Waals surface area (Å²) in [5.74, 6) is 0.813. The second-order valence-corrected chi connectivity index (χ2v) is 5.93. The van der Waals surface area contributed by atoms with Gasteiger partial charge in [-0.25, -0.2) is 0 Å². The van der Waals surface area contributed by atoms with Crippen molar-refractivity contribution in [2.24, 2.45) is 0 Å². The number of piperazine rings is 1. The molecule has 0 aromatic heterocycles. The van der Waals surface area contributed by atoms with Gasteiger partial charge in [0.25, 0.3) is 0 Å². The lowest BCUT2D eigenvalue weighted by Crippen LogP contribution is -2.45. The fourth-order valence-electron chi connectivity index (χ4n) is 2.37. The van der Waals surface area contributed by atoms with Crippen LogP contribution in [0.1, 0.15) is 18.6 Å². The molecule has 4 nitrogen and oxygen atoms in total. The van der Waals surface area contributed by atoms with Crippen molar-refractivity contribution in [3.63, 3.8) is 0 Å². The van der Waals surface area contributed by atoms with Gasteiger partial charge in [0.2, 0.25) is 0 Å². The Morgan fingerprint density at radius 2 is 1.86 bits per heavy atom. The molecule has 0 bridgehead atoms. The summed E-state index contributed by atoms with van der Waals surface area (Å²) in [6.45, 7) is 11.2. The fourth-order valence-corrected chi connectivity index (χ4v) is 2.37. The largest absolute Gasteiger partial charge is 0.489 e. The molecule has 4 heteroatoms. The van der Waals surface area contributed by atoms with Crippen LogP contribution in [0.4, 0.5) is 0 Å². The molecule has 0 radical (unpaired) electrons. The van der Waals surface area contributed by atoms with Gasteiger partial charge in [0.05, 0.1) is 6.10 Å². The first-order valence-corrected chi connectivity index (χ1v) is 7.50. The van der Waals surface area contributed by atoms with Crippen molar-refractivity contribution in [3.05, 3.63) is 42.0 Å². The van der Waals surface area contributed by atoms with Gasteiger partial charge >= 0.3 is 0 Å². The van der Waals surface area contributed by atoms with E-state index in [4.69, 9.17) is 4.74 Å². The van der Waals surface area contributed by atoms with Gasteiger partial charge in [-0.1, -0.05) is 18.7 Å². The fraction of sp³-hybridized carbons (Fsp3) is 0.529. The SMILES string of the molecule is C=C(C)COc1ccc(C(O)CN2CCN(C)CC2)cc1. The van der Waals surface area contributed by atoms with Gasteiger partial charge in [-0.15, -0.1) is 0 Å². The molecule has 1 aliphatic rings. The molecule has 1 fully saturated rings. The first-order valence-electron chi connectivity index (χ1n) is 7.50. The topological polar surface area (TPSA) is 35.9 Å². The molecular weight excluding hydrogens is 264 g/mol. The third-order valence-electron chi connectivity index (χ3n) is 3.78. The summed E-state index contributed by atoms with van der Waals surface area (Å²) in [7, 11) is 2.14. The second-order valence-electron chi connectivity index (χ2n) is 5.93. The summed E-state index contributed by atoms with van der Waals surface area (Å²) in [4.78, 5) is 4.63. The van der Waals surface area contributed by atoms with E-state index in [1.165, 1.54) is 0 Å². The maximum absolute atomic E-state index is 10.3. The van der Waals surface area contributed by atoms with Crippen LogP contribution in [0.5, 0.6) is 5.75 Å². The van der Waals surface area contributed by atoms with Crippen LogP contribution < -0.4 is 4.74 Å². The van der Waals surface area contributed by atoms with E-state index < -0.39 is 6.10 Å². The Labute approximate surface area is 127 Å². The third-order valence-corrected chi connectivity index (χ3v) is 3.78. The maximum atomic E-state index is 10.3. The Balaban J connectivity index is 1.84. The van der Waals surface area contributed by atoms with E-state index >= 15 is 0 Å². The van der Waals surface area contributed by atoms with Crippen molar-refractivity contribution in [3.8, 4) is 5.75 Å². The normalized spacial score (nSPS) is 18.4. The quantitative estimate of drug-likeness (QED) is 0.812. The molecule has 1 aliphatic heterocycles. The van der Waals surface area contributed by atoms with E-state index in [1.54, 1.807) is 0 Å². The molecule has 1 atom stereocenters. The Morgan fingerprint density at radius 1 is 1.24 bits per heavy atom. The Morgan fingerprint density at radius 3 is 2.43 bits per heavy atom. The minimum absolute atomic E-state index is 0.441. The van der Waals surface area contributed by atoms with Crippen LogP contribution in [-0.2, 0) is 0 Å². The molecule has 1 aromatic rings. The monoisotopic (exact) mass is 290 g/mol. The molecule has 21 heavy (non-hydrogen) atoms. The Bertz CT molecular complexity index is 450. The van der Waals surface area contributed by atoms with E-state index in [1.807, 2.05) is 31.2 Å². The molecule has 0 spiro atoms. The van der Waals surface area contributed by atoms with E-state index in [2.05, 4.69) is 23.4 Å². The highest BCUT2D eigenvalue weighted by Gasteiger charge is 2.17. The average molecular weight is 290 g/mol. The number of aliphatic hydroxyl groups is 1. The number of benzene rings is 1. The van der Waals surface area contributed by atoms with Gasteiger partial charge in [0.15, 0.2) is 0 Å². The molecule has 0 aliphatic carbocycles. The molecule has 116 valence electrons. The van der Waals surface area contributed by atoms with E-state index in [-0.39, 0.29) is 0 Å². The lowest BCUT2D eigenvalue weighted by atomic mass is 10.1. The van der Waals surface area contributed by atoms with E-state index in [0.29, 0.717) is 13.2 Å². The molecule has 1 heterocycles. The van der Waals surface area contributed by atoms with Gasteiger partial charge in [-0.3, -0.25) is 4.90 Å². The highest BCUT2D eigenvalue weighted by Crippen LogP contribution is 2.19. The van der Waals surface area contributed by atoms with Crippen LogP contribution in [0.15, 0.2) is 36.4 Å². The van der Waals surface area contributed by atoms with Crippen molar-refractivity contribution in [2.75, 3.05) is 46.4 Å².